The van der Waals surface area contributed by atoms with Crippen LogP contribution in [0.1, 0.15) is 5.56 Å². The summed E-state index contributed by atoms with van der Waals surface area (Å²) in [6.07, 6.45) is 0. The van der Waals surface area contributed by atoms with Crippen LogP contribution in [0.25, 0.3) is 10.1 Å². The average Bonchev–Trinajstić information content (AvgIpc) is 2.57. The summed E-state index contributed by atoms with van der Waals surface area (Å²) in [7, 11) is -4.22. The molecule has 7 heteroatoms. The van der Waals surface area contributed by atoms with Crippen molar-refractivity contribution in [3.05, 3.63) is 35.2 Å². The van der Waals surface area contributed by atoms with Gasteiger partial charge in [0.25, 0.3) is 5.92 Å². The van der Waals surface area contributed by atoms with Crippen molar-refractivity contribution in [3.63, 3.8) is 0 Å². The van der Waals surface area contributed by atoms with Crippen LogP contribution in [0, 0.1) is 0 Å². The maximum Gasteiger partial charge on any atom is 0.289 e. The molecule has 0 unspecified atom stereocenters. The van der Waals surface area contributed by atoms with Crippen LogP contribution in [0.4, 0.5) is 8.78 Å². The number of benzene rings is 1. The van der Waals surface area contributed by atoms with Crippen molar-refractivity contribution in [2.24, 2.45) is 5.14 Å². The molecule has 2 rings (SSSR count). The Hall–Kier alpha value is -1.05. The Morgan fingerprint density at radius 3 is 2.59 bits per heavy atom. The van der Waals surface area contributed by atoms with Crippen LogP contribution in [0.2, 0.25) is 0 Å². The molecule has 0 bridgehead atoms. The van der Waals surface area contributed by atoms with Gasteiger partial charge < -0.3 is 0 Å². The van der Waals surface area contributed by atoms with Crippen LogP contribution in [0.5, 0.6) is 0 Å². The monoisotopic (exact) mass is 277 g/mol. The van der Waals surface area contributed by atoms with Gasteiger partial charge in [0.05, 0.1) is 0 Å². The lowest BCUT2D eigenvalue weighted by Crippen LogP contribution is -2.30. The predicted octanol–water partition coefficient (Wildman–Crippen LogP) is 2.28. The molecule has 0 saturated carbocycles. The Morgan fingerprint density at radius 1 is 1.29 bits per heavy atom. The maximum atomic E-state index is 13.8. The first-order valence-electron chi connectivity index (χ1n) is 4.65. The molecule has 0 aliphatic carbocycles. The van der Waals surface area contributed by atoms with E-state index in [1.165, 1.54) is 11.4 Å². The standard InChI is InChI=1S/C10H9F2NO2S2/c11-10(12,6-17(13,14)15)8-5-16-9-4-2-1-3-7(8)9/h1-5H,6H2,(H2,13,14,15). The minimum atomic E-state index is -4.22. The van der Waals surface area contributed by atoms with Gasteiger partial charge in [-0.2, -0.15) is 0 Å². The van der Waals surface area contributed by atoms with Gasteiger partial charge in [0.15, 0.2) is 0 Å². The first kappa shape index (κ1) is 12.4. The van der Waals surface area contributed by atoms with Gasteiger partial charge in [-0.1, -0.05) is 18.2 Å². The third kappa shape index (κ3) is 2.62. The lowest BCUT2D eigenvalue weighted by Gasteiger charge is -2.14. The average molecular weight is 277 g/mol. The second kappa shape index (κ2) is 4.01. The number of fused-ring (bicyclic) bond motifs is 1. The Kier molecular flexibility index (Phi) is 2.92. The fourth-order valence-corrected chi connectivity index (χ4v) is 3.26. The second-order valence-electron chi connectivity index (χ2n) is 3.66. The van der Waals surface area contributed by atoms with E-state index in [9.17, 15) is 17.2 Å². The lowest BCUT2D eigenvalue weighted by atomic mass is 10.1. The van der Waals surface area contributed by atoms with Gasteiger partial charge in [0.1, 0.15) is 5.75 Å². The normalized spacial score (nSPS) is 13.1. The van der Waals surface area contributed by atoms with Crippen molar-refractivity contribution < 1.29 is 17.2 Å². The molecule has 2 aromatic rings. The highest BCUT2D eigenvalue weighted by molar-refractivity contribution is 7.89. The molecule has 0 spiro atoms. The molecule has 17 heavy (non-hydrogen) atoms. The van der Waals surface area contributed by atoms with Crippen molar-refractivity contribution in [1.29, 1.82) is 0 Å². The summed E-state index contributed by atoms with van der Waals surface area (Å²) < 4.78 is 49.8. The highest BCUT2D eigenvalue weighted by atomic mass is 32.2. The summed E-state index contributed by atoms with van der Waals surface area (Å²) in [6.45, 7) is 0. The van der Waals surface area contributed by atoms with E-state index in [1.54, 1.807) is 18.2 Å². The molecule has 1 aromatic carbocycles. The smallest absolute Gasteiger partial charge is 0.229 e. The number of primary sulfonamides is 1. The van der Waals surface area contributed by atoms with Crippen molar-refractivity contribution in [2.75, 3.05) is 5.75 Å². The van der Waals surface area contributed by atoms with E-state index >= 15 is 0 Å². The van der Waals surface area contributed by atoms with Crippen LogP contribution in [-0.2, 0) is 15.9 Å². The molecule has 0 aliphatic rings. The molecule has 0 saturated heterocycles. The molecule has 92 valence electrons. The molecule has 0 radical (unpaired) electrons. The van der Waals surface area contributed by atoms with E-state index in [0.29, 0.717) is 10.1 Å². The van der Waals surface area contributed by atoms with Crippen molar-refractivity contribution in [1.82, 2.24) is 0 Å². The van der Waals surface area contributed by atoms with Crippen LogP contribution in [-0.4, -0.2) is 14.2 Å². The zero-order chi connectivity index (χ0) is 12.7. The van der Waals surface area contributed by atoms with E-state index in [1.807, 2.05) is 0 Å². The van der Waals surface area contributed by atoms with Gasteiger partial charge >= 0.3 is 0 Å². The Labute approximate surface area is 101 Å². The van der Waals surface area contributed by atoms with Crippen LogP contribution in [0.3, 0.4) is 0 Å². The highest BCUT2D eigenvalue weighted by Crippen LogP contribution is 2.37. The number of thiophene rings is 1. The second-order valence-corrected chi connectivity index (χ2v) is 6.18. The summed E-state index contributed by atoms with van der Waals surface area (Å²) in [5, 5.41) is 6.31. The number of hydrogen-bond acceptors (Lipinski definition) is 3. The Bertz CT molecular complexity index is 649. The quantitative estimate of drug-likeness (QED) is 0.935. The van der Waals surface area contributed by atoms with E-state index in [4.69, 9.17) is 0 Å². The SMILES string of the molecule is NS(=O)(=O)CC(F)(F)c1csc2ccccc12. The summed E-state index contributed by atoms with van der Waals surface area (Å²) in [5.74, 6) is -4.84. The third-order valence-electron chi connectivity index (χ3n) is 2.26. The van der Waals surface area contributed by atoms with Crippen molar-refractivity contribution >= 4 is 31.4 Å². The molecular formula is C10H9F2NO2S2. The fourth-order valence-electron chi connectivity index (χ4n) is 1.59. The number of halogens is 2. The number of alkyl halides is 2. The van der Waals surface area contributed by atoms with Crippen LogP contribution < -0.4 is 5.14 Å². The van der Waals surface area contributed by atoms with Gasteiger partial charge in [-0.3, -0.25) is 0 Å². The van der Waals surface area contributed by atoms with Gasteiger partial charge in [0, 0.05) is 21.0 Å². The number of hydrogen-bond donors (Lipinski definition) is 1. The fraction of sp³-hybridized carbons (Fsp3) is 0.200. The molecular weight excluding hydrogens is 268 g/mol. The minimum absolute atomic E-state index is 0.285. The van der Waals surface area contributed by atoms with Crippen LogP contribution in [0.15, 0.2) is 29.6 Å². The molecule has 0 amide bonds. The van der Waals surface area contributed by atoms with Crippen LogP contribution >= 0.6 is 11.3 Å². The van der Waals surface area contributed by atoms with Gasteiger partial charge in [-0.25, -0.2) is 22.3 Å². The molecule has 0 aliphatic heterocycles. The molecule has 0 fully saturated rings. The topological polar surface area (TPSA) is 60.2 Å². The first-order valence-corrected chi connectivity index (χ1v) is 7.24. The van der Waals surface area contributed by atoms with Gasteiger partial charge in [-0.15, -0.1) is 11.3 Å². The predicted molar refractivity (Wildman–Crippen MR) is 63.7 cm³/mol. The maximum absolute atomic E-state index is 13.8. The number of rotatable bonds is 3. The van der Waals surface area contributed by atoms with Gasteiger partial charge in [-0.05, 0) is 6.07 Å². The number of nitrogens with two attached hydrogens (primary N) is 1. The number of sulfonamides is 1. The van der Waals surface area contributed by atoms with Crippen molar-refractivity contribution in [2.45, 2.75) is 5.92 Å². The molecule has 1 aromatic heterocycles. The highest BCUT2D eigenvalue weighted by Gasteiger charge is 2.38. The molecule has 2 N–H and O–H groups in total. The van der Waals surface area contributed by atoms with E-state index in [-0.39, 0.29) is 5.56 Å². The van der Waals surface area contributed by atoms with Crippen molar-refractivity contribution in [3.8, 4) is 0 Å². The first-order chi connectivity index (χ1) is 7.80. The lowest BCUT2D eigenvalue weighted by molar-refractivity contribution is 0.0233. The zero-order valence-electron chi connectivity index (χ0n) is 8.56. The Morgan fingerprint density at radius 2 is 1.94 bits per heavy atom. The summed E-state index contributed by atoms with van der Waals surface area (Å²) >= 11 is 1.15. The summed E-state index contributed by atoms with van der Waals surface area (Å²) in [6, 6.07) is 6.61. The largest absolute Gasteiger partial charge is 0.289 e. The van der Waals surface area contributed by atoms with E-state index in [0.717, 1.165) is 11.3 Å². The van der Waals surface area contributed by atoms with Gasteiger partial charge in [0.2, 0.25) is 10.0 Å². The van der Waals surface area contributed by atoms with E-state index in [2.05, 4.69) is 5.14 Å². The third-order valence-corrected chi connectivity index (χ3v) is 3.99. The molecule has 0 atom stereocenters. The summed E-state index contributed by atoms with van der Waals surface area (Å²) in [5.41, 5.74) is -0.285. The molecule has 1 heterocycles. The van der Waals surface area contributed by atoms with E-state index < -0.39 is 21.7 Å². The zero-order valence-corrected chi connectivity index (χ0v) is 10.2. The minimum Gasteiger partial charge on any atom is -0.229 e. The summed E-state index contributed by atoms with van der Waals surface area (Å²) in [4.78, 5) is 0. The Balaban J connectivity index is 2.52. The molecule has 3 nitrogen and oxygen atoms in total.